The van der Waals surface area contributed by atoms with Gasteiger partial charge in [0.25, 0.3) is 0 Å². The molecule has 0 saturated heterocycles. The summed E-state index contributed by atoms with van der Waals surface area (Å²) >= 11 is 0. The second-order valence-electron chi connectivity index (χ2n) is 5.60. The molecule has 0 amide bonds. The van der Waals surface area contributed by atoms with E-state index in [1.807, 2.05) is 20.8 Å². The van der Waals surface area contributed by atoms with Crippen LogP contribution in [0.1, 0.15) is 32.8 Å². The van der Waals surface area contributed by atoms with Crippen LogP contribution in [0, 0.1) is 12.3 Å². The first-order chi connectivity index (χ1) is 7.63. The number of sulfone groups is 1. The molecule has 1 aromatic rings. The lowest BCUT2D eigenvalue weighted by molar-refractivity contribution is 0.397. The van der Waals surface area contributed by atoms with Crippen molar-refractivity contribution >= 4 is 15.5 Å². The zero-order valence-corrected chi connectivity index (χ0v) is 11.8. The molecule has 1 aromatic carbocycles. The van der Waals surface area contributed by atoms with E-state index in [2.05, 4.69) is 0 Å². The topological polar surface area (TPSA) is 60.2 Å². The Kier molecular flexibility index (Phi) is 3.87. The fourth-order valence-electron chi connectivity index (χ4n) is 1.52. The fraction of sp³-hybridized carbons (Fsp3) is 0.538. The van der Waals surface area contributed by atoms with Gasteiger partial charge in [0.1, 0.15) is 0 Å². The molecule has 0 fully saturated rings. The minimum Gasteiger partial charge on any atom is -0.398 e. The average Bonchev–Trinajstić information content (AvgIpc) is 2.18. The second-order valence-corrected chi connectivity index (χ2v) is 7.68. The Bertz CT molecular complexity index is 499. The third kappa shape index (κ3) is 3.73. The Balaban J connectivity index is 3.02. The van der Waals surface area contributed by atoms with E-state index in [-0.39, 0.29) is 11.2 Å². The number of benzene rings is 1. The van der Waals surface area contributed by atoms with Crippen molar-refractivity contribution < 1.29 is 8.42 Å². The van der Waals surface area contributed by atoms with Crippen molar-refractivity contribution in [3.8, 4) is 0 Å². The highest BCUT2D eigenvalue weighted by Crippen LogP contribution is 2.25. The minimum absolute atomic E-state index is 0.0152. The molecule has 0 aliphatic rings. The fourth-order valence-corrected chi connectivity index (χ4v) is 3.49. The standard InChI is InChI=1S/C13H21NO2S/c1-10-11(14)6-5-7-12(10)17(15,16)9-8-13(2,3)4/h5-7H,8-9,14H2,1-4H3. The molecule has 4 heteroatoms. The van der Waals surface area contributed by atoms with Crippen LogP contribution in [0.15, 0.2) is 23.1 Å². The molecule has 0 unspecified atom stereocenters. The molecule has 1 rings (SSSR count). The first-order valence-electron chi connectivity index (χ1n) is 5.71. The van der Waals surface area contributed by atoms with E-state index in [1.54, 1.807) is 25.1 Å². The third-order valence-electron chi connectivity index (χ3n) is 2.78. The van der Waals surface area contributed by atoms with Crippen LogP contribution in [0.5, 0.6) is 0 Å². The second kappa shape index (κ2) is 4.69. The van der Waals surface area contributed by atoms with Gasteiger partial charge in [-0.05, 0) is 36.5 Å². The molecule has 0 aromatic heterocycles. The summed E-state index contributed by atoms with van der Waals surface area (Å²) in [6.45, 7) is 7.86. The van der Waals surface area contributed by atoms with Crippen molar-refractivity contribution in [2.24, 2.45) is 5.41 Å². The minimum atomic E-state index is -3.23. The van der Waals surface area contributed by atoms with Gasteiger partial charge in [-0.25, -0.2) is 8.42 Å². The summed E-state index contributed by atoms with van der Waals surface area (Å²) in [5.41, 5.74) is 6.93. The molecule has 0 radical (unpaired) electrons. The molecule has 2 N–H and O–H groups in total. The van der Waals surface area contributed by atoms with E-state index in [0.29, 0.717) is 22.6 Å². The van der Waals surface area contributed by atoms with Crippen LogP contribution in [0.4, 0.5) is 5.69 Å². The van der Waals surface area contributed by atoms with Crippen LogP contribution in [-0.2, 0) is 9.84 Å². The smallest absolute Gasteiger partial charge is 0.178 e. The summed E-state index contributed by atoms with van der Waals surface area (Å²) in [6, 6.07) is 5.04. The zero-order chi connectivity index (χ0) is 13.3. The Morgan fingerprint density at radius 1 is 1.24 bits per heavy atom. The van der Waals surface area contributed by atoms with Gasteiger partial charge in [0.05, 0.1) is 10.6 Å². The lowest BCUT2D eigenvalue weighted by Gasteiger charge is -2.18. The van der Waals surface area contributed by atoms with Crippen molar-refractivity contribution in [3.05, 3.63) is 23.8 Å². The van der Waals surface area contributed by atoms with Crippen LogP contribution >= 0.6 is 0 Å². The van der Waals surface area contributed by atoms with Gasteiger partial charge in [-0.1, -0.05) is 26.8 Å². The van der Waals surface area contributed by atoms with Gasteiger partial charge in [-0.2, -0.15) is 0 Å². The average molecular weight is 255 g/mol. The largest absolute Gasteiger partial charge is 0.398 e. The Morgan fingerprint density at radius 2 is 1.82 bits per heavy atom. The molecule has 0 aliphatic carbocycles. The maximum Gasteiger partial charge on any atom is 0.178 e. The van der Waals surface area contributed by atoms with Crippen molar-refractivity contribution in [2.45, 2.75) is 39.0 Å². The SMILES string of the molecule is Cc1c(N)cccc1S(=O)(=O)CCC(C)(C)C. The van der Waals surface area contributed by atoms with E-state index >= 15 is 0 Å². The quantitative estimate of drug-likeness (QED) is 0.845. The van der Waals surface area contributed by atoms with E-state index in [9.17, 15) is 8.42 Å². The number of rotatable bonds is 3. The van der Waals surface area contributed by atoms with Gasteiger partial charge in [0, 0.05) is 5.69 Å². The number of hydrogen-bond acceptors (Lipinski definition) is 3. The molecular weight excluding hydrogens is 234 g/mol. The van der Waals surface area contributed by atoms with Gasteiger partial charge < -0.3 is 5.73 Å². The maximum absolute atomic E-state index is 12.2. The Morgan fingerprint density at radius 3 is 2.35 bits per heavy atom. The number of anilines is 1. The molecule has 0 spiro atoms. The van der Waals surface area contributed by atoms with Gasteiger partial charge >= 0.3 is 0 Å². The van der Waals surface area contributed by atoms with Crippen LogP contribution in [-0.4, -0.2) is 14.2 Å². The first-order valence-corrected chi connectivity index (χ1v) is 7.36. The van der Waals surface area contributed by atoms with Crippen LogP contribution in [0.25, 0.3) is 0 Å². The summed E-state index contributed by atoms with van der Waals surface area (Å²) in [5, 5.41) is 0. The van der Waals surface area contributed by atoms with E-state index < -0.39 is 9.84 Å². The summed E-state index contributed by atoms with van der Waals surface area (Å²) < 4.78 is 24.4. The van der Waals surface area contributed by atoms with Crippen molar-refractivity contribution in [1.29, 1.82) is 0 Å². The highest BCUT2D eigenvalue weighted by Gasteiger charge is 2.21. The monoisotopic (exact) mass is 255 g/mol. The first kappa shape index (κ1) is 14.0. The summed E-state index contributed by atoms with van der Waals surface area (Å²) in [7, 11) is -3.23. The van der Waals surface area contributed by atoms with E-state index in [0.717, 1.165) is 0 Å². The Hall–Kier alpha value is -1.03. The summed E-state index contributed by atoms with van der Waals surface area (Å²) in [5.74, 6) is 0.167. The van der Waals surface area contributed by atoms with Gasteiger partial charge in [-0.15, -0.1) is 0 Å². The lowest BCUT2D eigenvalue weighted by atomic mass is 9.94. The van der Waals surface area contributed by atoms with Gasteiger partial charge in [-0.3, -0.25) is 0 Å². The molecule has 17 heavy (non-hydrogen) atoms. The number of hydrogen-bond donors (Lipinski definition) is 1. The molecule has 0 atom stereocenters. The molecule has 3 nitrogen and oxygen atoms in total. The van der Waals surface area contributed by atoms with Crippen molar-refractivity contribution in [3.63, 3.8) is 0 Å². The molecule has 0 heterocycles. The lowest BCUT2D eigenvalue weighted by Crippen LogP contribution is -2.16. The third-order valence-corrected chi connectivity index (χ3v) is 4.64. The van der Waals surface area contributed by atoms with Crippen molar-refractivity contribution in [2.75, 3.05) is 11.5 Å². The van der Waals surface area contributed by atoms with Crippen molar-refractivity contribution in [1.82, 2.24) is 0 Å². The van der Waals surface area contributed by atoms with E-state index in [4.69, 9.17) is 5.73 Å². The van der Waals surface area contributed by atoms with Crippen LogP contribution < -0.4 is 5.73 Å². The summed E-state index contributed by atoms with van der Waals surface area (Å²) in [4.78, 5) is 0.363. The number of nitrogen functional groups attached to an aromatic ring is 1. The predicted octanol–water partition coefficient (Wildman–Crippen LogP) is 2.79. The van der Waals surface area contributed by atoms with Gasteiger partial charge in [0.2, 0.25) is 0 Å². The van der Waals surface area contributed by atoms with Gasteiger partial charge in [0.15, 0.2) is 9.84 Å². The number of nitrogens with two attached hydrogens (primary N) is 1. The molecule has 0 bridgehead atoms. The Labute approximate surface area is 104 Å². The predicted molar refractivity (Wildman–Crippen MR) is 71.7 cm³/mol. The molecule has 96 valence electrons. The normalized spacial score (nSPS) is 12.7. The van der Waals surface area contributed by atoms with Crippen LogP contribution in [0.3, 0.4) is 0 Å². The molecule has 0 saturated carbocycles. The summed E-state index contributed by atoms with van der Waals surface area (Å²) in [6.07, 6.45) is 0.642. The molecular formula is C13H21NO2S. The maximum atomic E-state index is 12.2. The van der Waals surface area contributed by atoms with E-state index in [1.165, 1.54) is 0 Å². The zero-order valence-electron chi connectivity index (χ0n) is 10.9. The molecule has 0 aliphatic heterocycles. The van der Waals surface area contributed by atoms with Crippen LogP contribution in [0.2, 0.25) is 0 Å². The highest BCUT2D eigenvalue weighted by atomic mass is 32.2. The highest BCUT2D eigenvalue weighted by molar-refractivity contribution is 7.91.